The maximum atomic E-state index is 12.3. The van der Waals surface area contributed by atoms with Crippen LogP contribution in [0.15, 0.2) is 22.8 Å². The summed E-state index contributed by atoms with van der Waals surface area (Å²) in [6.45, 7) is 3.93. The Hall–Kier alpha value is -0.900. The van der Waals surface area contributed by atoms with Gasteiger partial charge < -0.3 is 4.90 Å². The third kappa shape index (κ3) is 3.06. The fraction of sp³-hybridized carbons (Fsp3) is 0.538. The molecule has 2 rings (SSSR count). The quantitative estimate of drug-likeness (QED) is 0.786. The molecule has 1 aromatic heterocycles. The summed E-state index contributed by atoms with van der Waals surface area (Å²) in [5, 5.41) is 0. The molecule has 1 atom stereocenters. The molecule has 1 aliphatic heterocycles. The van der Waals surface area contributed by atoms with Crippen LogP contribution < -0.4 is 0 Å². The molecule has 1 saturated heterocycles. The van der Waals surface area contributed by atoms with Gasteiger partial charge in [0.1, 0.15) is 10.3 Å². The zero-order chi connectivity index (χ0) is 12.3. The molecule has 0 aromatic carbocycles. The molecule has 92 valence electrons. The van der Waals surface area contributed by atoms with Crippen molar-refractivity contribution in [3.8, 4) is 0 Å². The molecule has 1 amide bonds. The second-order valence-corrected chi connectivity index (χ2v) is 5.33. The van der Waals surface area contributed by atoms with Gasteiger partial charge in [-0.2, -0.15) is 0 Å². The second-order valence-electron chi connectivity index (χ2n) is 4.51. The molecule has 0 spiro atoms. The first kappa shape index (κ1) is 12.6. The molecule has 0 saturated carbocycles. The number of carbonyl (C=O) groups is 1. The van der Waals surface area contributed by atoms with Crippen molar-refractivity contribution in [3.63, 3.8) is 0 Å². The van der Waals surface area contributed by atoms with Gasteiger partial charge in [-0.25, -0.2) is 4.98 Å². The molecule has 1 unspecified atom stereocenters. The van der Waals surface area contributed by atoms with Crippen LogP contribution in [0.2, 0.25) is 0 Å². The van der Waals surface area contributed by atoms with E-state index in [-0.39, 0.29) is 5.91 Å². The Morgan fingerprint density at radius 2 is 2.41 bits per heavy atom. The summed E-state index contributed by atoms with van der Waals surface area (Å²) < 4.78 is 0.715. The number of nitrogens with zero attached hydrogens (tertiary/aromatic N) is 2. The summed E-state index contributed by atoms with van der Waals surface area (Å²) in [6.07, 6.45) is 3.50. The van der Waals surface area contributed by atoms with E-state index in [1.165, 1.54) is 6.42 Å². The highest BCUT2D eigenvalue weighted by atomic mass is 79.9. The summed E-state index contributed by atoms with van der Waals surface area (Å²) in [5.74, 6) is 0.712. The number of aromatic nitrogens is 1. The molecule has 1 aliphatic rings. The van der Waals surface area contributed by atoms with Crippen molar-refractivity contribution in [2.75, 3.05) is 13.1 Å². The standard InChI is InChI=1S/C13H17BrN2O/c1-2-10-5-4-8-16(9-10)13(17)11-6-3-7-12(14)15-11/h3,6-7,10H,2,4-5,8-9H2,1H3. The van der Waals surface area contributed by atoms with Gasteiger partial charge in [0.05, 0.1) is 0 Å². The van der Waals surface area contributed by atoms with E-state index in [2.05, 4.69) is 27.8 Å². The molecule has 0 N–H and O–H groups in total. The molecule has 2 heterocycles. The molecule has 0 bridgehead atoms. The third-order valence-corrected chi connectivity index (χ3v) is 3.76. The van der Waals surface area contributed by atoms with Gasteiger partial charge in [-0.15, -0.1) is 0 Å². The lowest BCUT2D eigenvalue weighted by molar-refractivity contribution is 0.0665. The number of carbonyl (C=O) groups excluding carboxylic acids is 1. The fourth-order valence-corrected chi connectivity index (χ4v) is 2.62. The van der Waals surface area contributed by atoms with Crippen LogP contribution in [0.5, 0.6) is 0 Å². The molecular formula is C13H17BrN2O. The highest BCUT2D eigenvalue weighted by Crippen LogP contribution is 2.20. The molecule has 0 radical (unpaired) electrons. The highest BCUT2D eigenvalue weighted by molar-refractivity contribution is 9.10. The van der Waals surface area contributed by atoms with E-state index in [1.807, 2.05) is 17.0 Å². The number of pyridine rings is 1. The van der Waals surface area contributed by atoms with Gasteiger partial charge in [-0.3, -0.25) is 4.79 Å². The van der Waals surface area contributed by atoms with Crippen LogP contribution in [0.3, 0.4) is 0 Å². The van der Waals surface area contributed by atoms with E-state index >= 15 is 0 Å². The fourth-order valence-electron chi connectivity index (χ4n) is 2.27. The van der Waals surface area contributed by atoms with Gasteiger partial charge in [0, 0.05) is 13.1 Å². The Labute approximate surface area is 110 Å². The number of piperidine rings is 1. The monoisotopic (exact) mass is 296 g/mol. The first-order valence-corrected chi connectivity index (χ1v) is 6.92. The lowest BCUT2D eigenvalue weighted by Crippen LogP contribution is -2.40. The van der Waals surface area contributed by atoms with Crippen LogP contribution in [-0.2, 0) is 0 Å². The van der Waals surface area contributed by atoms with Crippen molar-refractivity contribution in [2.24, 2.45) is 5.92 Å². The van der Waals surface area contributed by atoms with Crippen LogP contribution in [0.1, 0.15) is 36.7 Å². The Morgan fingerprint density at radius 1 is 1.59 bits per heavy atom. The Balaban J connectivity index is 2.09. The highest BCUT2D eigenvalue weighted by Gasteiger charge is 2.24. The molecule has 4 heteroatoms. The number of hydrogen-bond donors (Lipinski definition) is 0. The van der Waals surface area contributed by atoms with E-state index in [0.717, 1.165) is 25.9 Å². The average molecular weight is 297 g/mol. The zero-order valence-corrected chi connectivity index (χ0v) is 11.6. The maximum Gasteiger partial charge on any atom is 0.272 e. The van der Waals surface area contributed by atoms with Crippen LogP contribution in [-0.4, -0.2) is 28.9 Å². The molecule has 3 nitrogen and oxygen atoms in total. The average Bonchev–Trinajstić information content (AvgIpc) is 2.38. The van der Waals surface area contributed by atoms with Crippen molar-refractivity contribution >= 4 is 21.8 Å². The summed E-state index contributed by atoms with van der Waals surface area (Å²) in [4.78, 5) is 18.4. The first-order chi connectivity index (χ1) is 8.20. The minimum Gasteiger partial charge on any atom is -0.337 e. The van der Waals surface area contributed by atoms with Crippen molar-refractivity contribution in [3.05, 3.63) is 28.5 Å². The molecule has 0 aliphatic carbocycles. The second kappa shape index (κ2) is 5.63. The minimum atomic E-state index is 0.0597. The Bertz CT molecular complexity index is 408. The van der Waals surface area contributed by atoms with E-state index in [1.54, 1.807) is 6.07 Å². The van der Waals surface area contributed by atoms with Gasteiger partial charge in [-0.1, -0.05) is 19.4 Å². The topological polar surface area (TPSA) is 33.2 Å². The number of amides is 1. The minimum absolute atomic E-state index is 0.0597. The van der Waals surface area contributed by atoms with Crippen LogP contribution in [0.4, 0.5) is 0 Å². The van der Waals surface area contributed by atoms with Crippen LogP contribution in [0.25, 0.3) is 0 Å². The number of hydrogen-bond acceptors (Lipinski definition) is 2. The van der Waals surface area contributed by atoms with Gasteiger partial charge >= 0.3 is 0 Å². The normalized spacial score (nSPS) is 20.4. The maximum absolute atomic E-state index is 12.3. The molecule has 17 heavy (non-hydrogen) atoms. The number of halogens is 1. The van der Waals surface area contributed by atoms with E-state index in [0.29, 0.717) is 16.2 Å². The molecule has 1 fully saturated rings. The molecular weight excluding hydrogens is 280 g/mol. The SMILES string of the molecule is CCC1CCCN(C(=O)c2cccc(Br)n2)C1. The zero-order valence-electron chi connectivity index (χ0n) is 10.0. The predicted molar refractivity (Wildman–Crippen MR) is 70.9 cm³/mol. The Kier molecular flexibility index (Phi) is 4.15. The van der Waals surface area contributed by atoms with Crippen molar-refractivity contribution < 1.29 is 4.79 Å². The largest absolute Gasteiger partial charge is 0.337 e. The van der Waals surface area contributed by atoms with Gasteiger partial charge in [-0.05, 0) is 46.8 Å². The number of rotatable bonds is 2. The smallest absolute Gasteiger partial charge is 0.272 e. The van der Waals surface area contributed by atoms with E-state index in [4.69, 9.17) is 0 Å². The van der Waals surface area contributed by atoms with Gasteiger partial charge in [0.15, 0.2) is 0 Å². The summed E-state index contributed by atoms with van der Waals surface area (Å²) in [6, 6.07) is 5.47. The first-order valence-electron chi connectivity index (χ1n) is 6.12. The van der Waals surface area contributed by atoms with Crippen LogP contribution in [0, 0.1) is 5.92 Å². The lowest BCUT2D eigenvalue weighted by Gasteiger charge is -2.32. The van der Waals surface area contributed by atoms with Crippen LogP contribution >= 0.6 is 15.9 Å². The molecule has 1 aromatic rings. The lowest BCUT2D eigenvalue weighted by atomic mass is 9.95. The summed E-state index contributed by atoms with van der Waals surface area (Å²) in [7, 11) is 0. The van der Waals surface area contributed by atoms with Crippen molar-refractivity contribution in [1.29, 1.82) is 0 Å². The van der Waals surface area contributed by atoms with E-state index in [9.17, 15) is 4.79 Å². The summed E-state index contributed by atoms with van der Waals surface area (Å²) >= 11 is 3.30. The van der Waals surface area contributed by atoms with Gasteiger partial charge in [0.25, 0.3) is 5.91 Å². The van der Waals surface area contributed by atoms with Gasteiger partial charge in [0.2, 0.25) is 0 Å². The number of likely N-dealkylation sites (tertiary alicyclic amines) is 1. The van der Waals surface area contributed by atoms with E-state index < -0.39 is 0 Å². The Morgan fingerprint density at radius 3 is 3.12 bits per heavy atom. The predicted octanol–water partition coefficient (Wildman–Crippen LogP) is 3.11. The van der Waals surface area contributed by atoms with Crippen molar-refractivity contribution in [2.45, 2.75) is 26.2 Å². The summed E-state index contributed by atoms with van der Waals surface area (Å²) in [5.41, 5.74) is 0.538. The third-order valence-electron chi connectivity index (χ3n) is 3.32. The van der Waals surface area contributed by atoms with Crippen molar-refractivity contribution in [1.82, 2.24) is 9.88 Å².